The molecule has 1 N–H and O–H groups in total. The zero-order chi connectivity index (χ0) is 14.1. The van der Waals surface area contributed by atoms with E-state index in [2.05, 4.69) is 53.6 Å². The van der Waals surface area contributed by atoms with Crippen LogP contribution in [-0.2, 0) is 0 Å². The number of nitrogens with zero attached hydrogens (tertiary/aromatic N) is 2. The second kappa shape index (κ2) is 5.71. The Morgan fingerprint density at radius 1 is 1.35 bits per heavy atom. The van der Waals surface area contributed by atoms with Gasteiger partial charge in [-0.05, 0) is 38.3 Å². The number of thiazole rings is 2. The van der Waals surface area contributed by atoms with Gasteiger partial charge in [-0.2, -0.15) is 0 Å². The molecule has 3 rings (SSSR count). The molecule has 0 radical (unpaired) electrons. The first-order chi connectivity index (χ1) is 9.67. The molecule has 2 aromatic heterocycles. The summed E-state index contributed by atoms with van der Waals surface area (Å²) in [4.78, 5) is 10.2. The van der Waals surface area contributed by atoms with Crippen molar-refractivity contribution in [2.75, 3.05) is 11.6 Å². The quantitative estimate of drug-likeness (QED) is 0.690. The van der Waals surface area contributed by atoms with Gasteiger partial charge in [0, 0.05) is 10.6 Å². The van der Waals surface area contributed by atoms with E-state index >= 15 is 0 Å². The van der Waals surface area contributed by atoms with Crippen LogP contribution in [0.1, 0.15) is 23.5 Å². The lowest BCUT2D eigenvalue weighted by Crippen LogP contribution is -2.06. The first kappa shape index (κ1) is 13.9. The van der Waals surface area contributed by atoms with Crippen LogP contribution in [0.2, 0.25) is 0 Å². The van der Waals surface area contributed by atoms with E-state index in [1.54, 1.807) is 34.4 Å². The molecule has 104 valence electrons. The second-order valence-electron chi connectivity index (χ2n) is 4.53. The van der Waals surface area contributed by atoms with Gasteiger partial charge in [-0.1, -0.05) is 11.8 Å². The molecule has 3 aromatic rings. The molecule has 0 aliphatic heterocycles. The van der Waals surface area contributed by atoms with Gasteiger partial charge in [0.05, 0.1) is 27.5 Å². The molecular formula is C14H15N3S3. The van der Waals surface area contributed by atoms with Gasteiger partial charge < -0.3 is 5.32 Å². The summed E-state index contributed by atoms with van der Waals surface area (Å²) in [5.74, 6) is 0. The van der Waals surface area contributed by atoms with Crippen LogP contribution < -0.4 is 5.32 Å². The largest absolute Gasteiger partial charge is 0.378 e. The average molecular weight is 321 g/mol. The number of thioether (sulfide) groups is 1. The molecule has 1 atom stereocenters. The van der Waals surface area contributed by atoms with Crippen molar-refractivity contribution in [3.8, 4) is 0 Å². The molecule has 1 unspecified atom stereocenters. The van der Waals surface area contributed by atoms with Gasteiger partial charge in [0.1, 0.15) is 0 Å². The number of aryl methyl sites for hydroxylation is 1. The van der Waals surface area contributed by atoms with E-state index in [4.69, 9.17) is 0 Å². The van der Waals surface area contributed by atoms with Crippen molar-refractivity contribution in [1.29, 1.82) is 0 Å². The molecular weight excluding hydrogens is 306 g/mol. The lowest BCUT2D eigenvalue weighted by atomic mass is 10.2. The second-order valence-corrected chi connectivity index (χ2v) is 7.50. The highest BCUT2D eigenvalue weighted by Gasteiger charge is 2.11. The maximum Gasteiger partial charge on any atom is 0.150 e. The van der Waals surface area contributed by atoms with Crippen LogP contribution in [0.15, 0.2) is 28.0 Å². The van der Waals surface area contributed by atoms with Gasteiger partial charge in [-0.25, -0.2) is 9.97 Å². The van der Waals surface area contributed by atoms with Crippen molar-refractivity contribution < 1.29 is 0 Å². The molecule has 0 bridgehead atoms. The number of benzene rings is 1. The molecule has 0 aliphatic carbocycles. The fraction of sp³-hybridized carbons (Fsp3) is 0.286. The fourth-order valence-corrected chi connectivity index (χ4v) is 4.46. The summed E-state index contributed by atoms with van der Waals surface area (Å²) in [6, 6.07) is 6.63. The molecule has 20 heavy (non-hydrogen) atoms. The Morgan fingerprint density at radius 3 is 2.90 bits per heavy atom. The van der Waals surface area contributed by atoms with Crippen molar-refractivity contribution in [3.05, 3.63) is 34.3 Å². The zero-order valence-corrected chi connectivity index (χ0v) is 14.0. The normalized spacial score (nSPS) is 12.8. The smallest absolute Gasteiger partial charge is 0.150 e. The molecule has 1 aromatic carbocycles. The number of aromatic nitrogens is 2. The standard InChI is InChI=1S/C14H15N3S3/c1-8-13(19-7-15-8)9(2)16-10-4-5-11-12(6-10)20-14(17-11)18-3/h4-7,9,16H,1-3H3. The highest BCUT2D eigenvalue weighted by Crippen LogP contribution is 2.31. The third kappa shape index (κ3) is 2.68. The van der Waals surface area contributed by atoms with Gasteiger partial charge in [0.25, 0.3) is 0 Å². The van der Waals surface area contributed by atoms with E-state index in [1.165, 1.54) is 9.58 Å². The predicted molar refractivity (Wildman–Crippen MR) is 90.3 cm³/mol. The van der Waals surface area contributed by atoms with Gasteiger partial charge in [-0.15, -0.1) is 22.7 Å². The minimum atomic E-state index is 0.271. The maximum atomic E-state index is 4.56. The van der Waals surface area contributed by atoms with E-state index in [1.807, 2.05) is 5.51 Å². The predicted octanol–water partition coefficient (Wildman–Crippen LogP) is 4.96. The van der Waals surface area contributed by atoms with Crippen molar-refractivity contribution in [2.45, 2.75) is 24.2 Å². The molecule has 0 amide bonds. The van der Waals surface area contributed by atoms with Crippen LogP contribution in [-0.4, -0.2) is 16.2 Å². The number of hydrogen-bond donors (Lipinski definition) is 1. The first-order valence-corrected chi connectivity index (χ1v) is 9.20. The van der Waals surface area contributed by atoms with Crippen molar-refractivity contribution >= 4 is 50.3 Å². The van der Waals surface area contributed by atoms with Crippen LogP contribution in [0.3, 0.4) is 0 Å². The Balaban J connectivity index is 1.85. The Labute approximate surface area is 130 Å². The van der Waals surface area contributed by atoms with Gasteiger partial charge >= 0.3 is 0 Å². The van der Waals surface area contributed by atoms with E-state index in [0.29, 0.717) is 0 Å². The van der Waals surface area contributed by atoms with E-state index in [9.17, 15) is 0 Å². The number of hydrogen-bond acceptors (Lipinski definition) is 6. The minimum absolute atomic E-state index is 0.271. The molecule has 0 saturated carbocycles. The number of anilines is 1. The summed E-state index contributed by atoms with van der Waals surface area (Å²) in [6.07, 6.45) is 2.06. The van der Waals surface area contributed by atoms with Gasteiger partial charge in [-0.3, -0.25) is 0 Å². The minimum Gasteiger partial charge on any atom is -0.378 e. The topological polar surface area (TPSA) is 37.8 Å². The van der Waals surface area contributed by atoms with Crippen LogP contribution in [0.5, 0.6) is 0 Å². The molecule has 0 saturated heterocycles. The lowest BCUT2D eigenvalue weighted by molar-refractivity contribution is 0.891. The average Bonchev–Trinajstić information content (AvgIpc) is 3.03. The van der Waals surface area contributed by atoms with Crippen LogP contribution in [0.4, 0.5) is 5.69 Å². The zero-order valence-electron chi connectivity index (χ0n) is 11.5. The molecule has 0 fully saturated rings. The third-order valence-electron chi connectivity index (χ3n) is 3.10. The third-order valence-corrected chi connectivity index (χ3v) is 6.22. The van der Waals surface area contributed by atoms with Crippen LogP contribution in [0.25, 0.3) is 10.2 Å². The molecule has 2 heterocycles. The Bertz CT molecular complexity index is 732. The van der Waals surface area contributed by atoms with E-state index in [-0.39, 0.29) is 6.04 Å². The van der Waals surface area contributed by atoms with Gasteiger partial charge in [0.2, 0.25) is 0 Å². The summed E-state index contributed by atoms with van der Waals surface area (Å²) < 4.78 is 2.34. The van der Waals surface area contributed by atoms with Crippen molar-refractivity contribution in [2.24, 2.45) is 0 Å². The first-order valence-electron chi connectivity index (χ1n) is 6.28. The Kier molecular flexibility index (Phi) is 3.96. The van der Waals surface area contributed by atoms with Gasteiger partial charge in [0.15, 0.2) is 4.34 Å². The number of nitrogens with one attached hydrogen (secondary N) is 1. The SMILES string of the molecule is CSc1nc2ccc(NC(C)c3scnc3C)cc2s1. The summed E-state index contributed by atoms with van der Waals surface area (Å²) in [5.41, 5.74) is 5.22. The number of rotatable bonds is 4. The lowest BCUT2D eigenvalue weighted by Gasteiger charge is -2.14. The van der Waals surface area contributed by atoms with Crippen LogP contribution in [0, 0.1) is 6.92 Å². The highest BCUT2D eigenvalue weighted by atomic mass is 32.2. The monoisotopic (exact) mass is 321 g/mol. The summed E-state index contributed by atoms with van der Waals surface area (Å²) in [5, 5.41) is 3.55. The Morgan fingerprint density at radius 2 is 2.20 bits per heavy atom. The molecule has 6 heteroatoms. The number of fused-ring (bicyclic) bond motifs is 1. The maximum absolute atomic E-state index is 4.56. The highest BCUT2D eigenvalue weighted by molar-refractivity contribution is 8.00. The van der Waals surface area contributed by atoms with Crippen LogP contribution >= 0.6 is 34.4 Å². The van der Waals surface area contributed by atoms with Crippen molar-refractivity contribution in [1.82, 2.24) is 9.97 Å². The van der Waals surface area contributed by atoms with Crippen molar-refractivity contribution in [3.63, 3.8) is 0 Å². The summed E-state index contributed by atoms with van der Waals surface area (Å²) >= 11 is 5.14. The molecule has 0 aliphatic rings. The fourth-order valence-electron chi connectivity index (χ4n) is 2.12. The molecule has 3 nitrogen and oxygen atoms in total. The summed E-state index contributed by atoms with van der Waals surface area (Å²) in [7, 11) is 0. The van der Waals surface area contributed by atoms with E-state index in [0.717, 1.165) is 21.2 Å². The van der Waals surface area contributed by atoms with E-state index < -0.39 is 0 Å². The summed E-state index contributed by atoms with van der Waals surface area (Å²) in [6.45, 7) is 4.23. The Hall–Kier alpha value is -1.11. The molecule has 0 spiro atoms.